The molecule has 0 amide bonds. The van der Waals surface area contributed by atoms with E-state index in [4.69, 9.17) is 11.6 Å². The van der Waals surface area contributed by atoms with Crippen LogP contribution < -0.4 is 21.5 Å². The van der Waals surface area contributed by atoms with Crippen LogP contribution in [-0.2, 0) is 0 Å². The van der Waals surface area contributed by atoms with Gasteiger partial charge in [0.15, 0.2) is 5.75 Å². The summed E-state index contributed by atoms with van der Waals surface area (Å²) < 4.78 is 1.81. The van der Waals surface area contributed by atoms with Gasteiger partial charge >= 0.3 is 0 Å². The van der Waals surface area contributed by atoms with Gasteiger partial charge in [0.2, 0.25) is 0 Å². The topological polar surface area (TPSA) is 81.7 Å². The molecule has 0 bridgehead atoms. The van der Waals surface area contributed by atoms with E-state index in [9.17, 15) is 14.7 Å². The van der Waals surface area contributed by atoms with Crippen LogP contribution in [-0.4, -0.2) is 29.0 Å². The Morgan fingerprint density at radius 1 is 1.14 bits per heavy atom. The van der Waals surface area contributed by atoms with E-state index in [0.717, 1.165) is 32.1 Å². The number of anilines is 3. The number of nitrogens with one attached hydrogen (secondary N) is 2. The zero-order valence-corrected chi connectivity index (χ0v) is 18.0. The fourth-order valence-electron chi connectivity index (χ4n) is 3.74. The van der Waals surface area contributed by atoms with Crippen molar-refractivity contribution in [3.8, 4) is 5.75 Å². The number of halogens is 1. The monoisotopic (exact) mass is 423 g/mol. The predicted octanol–water partition coefficient (Wildman–Crippen LogP) is 4.48. The minimum Gasteiger partial charge on any atom is -0.505 e. The van der Waals surface area contributed by atoms with Crippen molar-refractivity contribution in [1.82, 2.24) is 4.31 Å². The smallest absolute Gasteiger partial charge is 0.253 e. The lowest BCUT2D eigenvalue weighted by Gasteiger charge is -2.39. The molecule has 1 aliphatic rings. The lowest BCUT2D eigenvalue weighted by molar-refractivity contribution is 0.314. The number of phenolic OH excluding ortho intramolecular Hbond substituents is 1. The first-order valence-corrected chi connectivity index (χ1v) is 10.7. The van der Waals surface area contributed by atoms with Crippen molar-refractivity contribution in [3.05, 3.63) is 37.6 Å². The first-order chi connectivity index (χ1) is 13.3. The average Bonchev–Trinajstić information content (AvgIpc) is 2.69. The van der Waals surface area contributed by atoms with E-state index in [1.807, 2.05) is 18.4 Å². The minimum absolute atomic E-state index is 0.0481. The lowest BCUT2D eigenvalue weighted by Crippen LogP contribution is -2.46. The maximum atomic E-state index is 12.2. The van der Waals surface area contributed by atoms with Crippen molar-refractivity contribution >= 4 is 40.6 Å². The second-order valence-electron chi connectivity index (χ2n) is 7.53. The molecular weight excluding hydrogens is 398 g/mol. The summed E-state index contributed by atoms with van der Waals surface area (Å²) in [4.78, 5) is 24.9. The Kier molecular flexibility index (Phi) is 6.27. The molecule has 0 spiro atoms. The third kappa shape index (κ3) is 4.02. The van der Waals surface area contributed by atoms with Gasteiger partial charge in [-0.3, -0.25) is 13.9 Å². The Morgan fingerprint density at radius 3 is 2.39 bits per heavy atom. The third-order valence-electron chi connectivity index (χ3n) is 5.40. The summed E-state index contributed by atoms with van der Waals surface area (Å²) in [5, 5.41) is 17.4. The van der Waals surface area contributed by atoms with Crippen molar-refractivity contribution in [2.75, 3.05) is 24.7 Å². The molecule has 3 rings (SSSR count). The van der Waals surface area contributed by atoms with Crippen LogP contribution in [0.5, 0.6) is 5.75 Å². The van der Waals surface area contributed by atoms with Crippen molar-refractivity contribution in [3.63, 3.8) is 0 Å². The summed E-state index contributed by atoms with van der Waals surface area (Å²) in [5.41, 5.74) is -0.340. The number of phenols is 1. The zero-order valence-electron chi connectivity index (χ0n) is 16.4. The summed E-state index contributed by atoms with van der Waals surface area (Å²) in [5.74, 6) is -0.0481. The normalized spacial score (nSPS) is 16.5. The van der Waals surface area contributed by atoms with Crippen LogP contribution in [0.2, 0.25) is 5.02 Å². The van der Waals surface area contributed by atoms with Gasteiger partial charge in [-0.25, -0.2) is 0 Å². The number of aromatic hydroxyl groups is 1. The Bertz CT molecular complexity index is 932. The highest BCUT2D eigenvalue weighted by atomic mass is 35.5. The van der Waals surface area contributed by atoms with Gasteiger partial charge in [0.05, 0.1) is 15.6 Å². The molecule has 152 valence electrons. The zero-order chi connectivity index (χ0) is 20.5. The summed E-state index contributed by atoms with van der Waals surface area (Å²) in [6.07, 6.45) is 6.28. The Hall–Kier alpha value is -1.70. The summed E-state index contributed by atoms with van der Waals surface area (Å²) in [7, 11) is 3.68. The lowest BCUT2D eigenvalue weighted by atomic mass is 9.79. The second-order valence-corrected chi connectivity index (χ2v) is 9.26. The molecule has 2 aromatic rings. The summed E-state index contributed by atoms with van der Waals surface area (Å²) in [6.45, 7) is 2.10. The predicted molar refractivity (Wildman–Crippen MR) is 117 cm³/mol. The number of hydrogen-bond donors (Lipinski definition) is 3. The first kappa shape index (κ1) is 21.0. The number of nitrogens with zero attached hydrogens (tertiary/aromatic N) is 1. The van der Waals surface area contributed by atoms with Gasteiger partial charge in [0.25, 0.3) is 10.9 Å². The molecule has 0 unspecified atom stereocenters. The molecule has 8 heteroatoms. The number of benzene rings is 1. The number of rotatable bonds is 7. The molecule has 28 heavy (non-hydrogen) atoms. The van der Waals surface area contributed by atoms with Crippen LogP contribution in [0, 0.1) is 0 Å². The van der Waals surface area contributed by atoms with E-state index < -0.39 is 10.9 Å². The van der Waals surface area contributed by atoms with E-state index in [-0.39, 0.29) is 17.0 Å². The van der Waals surface area contributed by atoms with E-state index >= 15 is 0 Å². The Balaban J connectivity index is 1.90. The fraction of sp³-hybridized carbons (Fsp3) is 0.500. The van der Waals surface area contributed by atoms with E-state index in [0.29, 0.717) is 21.3 Å². The first-order valence-electron chi connectivity index (χ1n) is 9.53. The second kappa shape index (κ2) is 8.35. The van der Waals surface area contributed by atoms with Crippen LogP contribution in [0.25, 0.3) is 0 Å². The third-order valence-corrected chi connectivity index (χ3v) is 6.79. The van der Waals surface area contributed by atoms with Crippen molar-refractivity contribution in [2.24, 2.45) is 0 Å². The maximum absolute atomic E-state index is 12.2. The van der Waals surface area contributed by atoms with Gasteiger partial charge in [0, 0.05) is 5.54 Å². The van der Waals surface area contributed by atoms with Gasteiger partial charge in [-0.15, -0.1) is 0 Å². The highest BCUT2D eigenvalue weighted by Crippen LogP contribution is 2.42. The molecule has 1 aliphatic carbocycles. The highest BCUT2D eigenvalue weighted by molar-refractivity contribution is 7.97. The Morgan fingerprint density at radius 2 is 1.79 bits per heavy atom. The summed E-state index contributed by atoms with van der Waals surface area (Å²) in [6, 6.07) is 3.26. The highest BCUT2D eigenvalue weighted by Gasteiger charge is 2.34. The molecule has 6 nitrogen and oxygen atoms in total. The van der Waals surface area contributed by atoms with Crippen LogP contribution >= 0.6 is 23.5 Å². The van der Waals surface area contributed by atoms with E-state index in [1.54, 1.807) is 12.1 Å². The van der Waals surface area contributed by atoms with Gasteiger partial charge < -0.3 is 15.7 Å². The van der Waals surface area contributed by atoms with Gasteiger partial charge in [-0.05, 0) is 57.4 Å². The van der Waals surface area contributed by atoms with Crippen molar-refractivity contribution < 1.29 is 5.11 Å². The van der Waals surface area contributed by atoms with Crippen LogP contribution in [0.15, 0.2) is 26.6 Å². The molecule has 0 atom stereocenters. The van der Waals surface area contributed by atoms with Gasteiger partial charge in [0.1, 0.15) is 11.4 Å². The molecule has 0 aromatic heterocycles. The molecule has 0 saturated heterocycles. The van der Waals surface area contributed by atoms with Crippen molar-refractivity contribution in [1.29, 1.82) is 0 Å². The van der Waals surface area contributed by atoms with Gasteiger partial charge in [-0.1, -0.05) is 37.8 Å². The van der Waals surface area contributed by atoms with Crippen molar-refractivity contribution in [2.45, 2.75) is 55.9 Å². The molecule has 0 heterocycles. The van der Waals surface area contributed by atoms with Crippen LogP contribution in [0.1, 0.15) is 45.4 Å². The summed E-state index contributed by atoms with van der Waals surface area (Å²) >= 11 is 7.48. The molecule has 0 aliphatic heterocycles. The molecular formula is C20H26ClN3O3S. The number of hydrogen-bond acceptors (Lipinski definition) is 7. The molecule has 1 fully saturated rings. The van der Waals surface area contributed by atoms with Crippen LogP contribution in [0.4, 0.5) is 17.1 Å². The van der Waals surface area contributed by atoms with E-state index in [1.165, 1.54) is 18.4 Å². The molecule has 2 aromatic carbocycles. The average molecular weight is 424 g/mol. The van der Waals surface area contributed by atoms with Crippen LogP contribution in [0.3, 0.4) is 0 Å². The fourth-order valence-corrected chi connectivity index (χ4v) is 4.72. The standard InChI is InChI=1S/C20H26ClN3O3S/c1-4-20(10-6-5-7-11-20)23-15-14(17(26)18(15)27)22-13-9-8-12(21)19(16(13)25)28-24(2)3/h8-9,22-23,25H,4-7,10-11H2,1-3H3. The van der Waals surface area contributed by atoms with Gasteiger partial charge in [-0.2, -0.15) is 0 Å². The maximum Gasteiger partial charge on any atom is 0.253 e. The molecule has 1 saturated carbocycles. The largest absolute Gasteiger partial charge is 0.505 e. The molecule has 3 N–H and O–H groups in total. The Labute approximate surface area is 174 Å². The SMILES string of the molecule is CCC1(Nc2c(Nc3ccc(Cl)c(SN(C)C)c3O)c(=O)c2=O)CCCCC1. The minimum atomic E-state index is -0.569. The quantitative estimate of drug-likeness (QED) is 0.344. The molecule has 0 radical (unpaired) electrons. The van der Waals surface area contributed by atoms with E-state index in [2.05, 4.69) is 17.6 Å².